The van der Waals surface area contributed by atoms with E-state index in [9.17, 15) is 0 Å². The Bertz CT molecular complexity index is 121. The van der Waals surface area contributed by atoms with Crippen LogP contribution in [0, 0.1) is 5.41 Å². The Hall–Kier alpha value is -0.520. The molecular weight excluding hydrogens is 108 g/mol. The minimum atomic E-state index is 0.291. The van der Waals surface area contributed by atoms with Crippen molar-refractivity contribution in [2.45, 2.75) is 27.7 Å². The molecule has 0 heterocycles. The normalized spacial score (nSPS) is 12.4. The van der Waals surface area contributed by atoms with Crippen LogP contribution in [0.1, 0.15) is 27.7 Å². The van der Waals surface area contributed by atoms with Gasteiger partial charge < -0.3 is 0 Å². The van der Waals surface area contributed by atoms with Gasteiger partial charge >= 0.3 is 0 Å². The van der Waals surface area contributed by atoms with E-state index < -0.39 is 0 Å². The molecule has 0 aliphatic carbocycles. The molecule has 0 atom stereocenters. The van der Waals surface area contributed by atoms with E-state index in [4.69, 9.17) is 0 Å². The lowest BCUT2D eigenvalue weighted by atomic mass is 9.96. The number of hydrogen-bond donors (Lipinski definition) is 0. The lowest BCUT2D eigenvalue weighted by Crippen LogP contribution is -1.97. The van der Waals surface area contributed by atoms with Crippen molar-refractivity contribution < 1.29 is 0 Å². The van der Waals surface area contributed by atoms with Gasteiger partial charge in [0.05, 0.1) is 0 Å². The van der Waals surface area contributed by atoms with E-state index in [-0.39, 0.29) is 0 Å². The van der Waals surface area contributed by atoms with Crippen LogP contribution in [0.25, 0.3) is 0 Å². The summed E-state index contributed by atoms with van der Waals surface area (Å²) >= 11 is 0. The monoisotopic (exact) mass is 124 g/mol. The Morgan fingerprint density at radius 3 is 1.89 bits per heavy atom. The van der Waals surface area contributed by atoms with E-state index in [2.05, 4.69) is 39.5 Å². The lowest BCUT2D eigenvalue weighted by Gasteiger charge is -2.10. The Labute approximate surface area is 58.3 Å². The van der Waals surface area contributed by atoms with Crippen molar-refractivity contribution >= 4 is 0 Å². The third-order valence-corrected chi connectivity index (χ3v) is 0.868. The molecule has 0 fully saturated rings. The second-order valence-corrected chi connectivity index (χ2v) is 3.55. The first-order chi connectivity index (χ1) is 3.92. The van der Waals surface area contributed by atoms with E-state index in [0.717, 1.165) is 5.57 Å². The van der Waals surface area contributed by atoms with Crippen molar-refractivity contribution in [3.63, 3.8) is 0 Å². The zero-order valence-corrected chi connectivity index (χ0v) is 6.86. The van der Waals surface area contributed by atoms with Gasteiger partial charge in [-0.25, -0.2) is 0 Å². The van der Waals surface area contributed by atoms with Gasteiger partial charge in [0.2, 0.25) is 0 Å². The molecule has 9 heavy (non-hydrogen) atoms. The molecule has 0 heteroatoms. The highest BCUT2D eigenvalue weighted by atomic mass is 14.1. The predicted octanol–water partition coefficient (Wildman–Crippen LogP) is 3.16. The van der Waals surface area contributed by atoms with Crippen LogP contribution in [0.3, 0.4) is 0 Å². The van der Waals surface area contributed by atoms with Gasteiger partial charge in [-0.15, -0.1) is 0 Å². The van der Waals surface area contributed by atoms with E-state index in [1.165, 1.54) is 0 Å². The summed E-state index contributed by atoms with van der Waals surface area (Å²) in [5.74, 6) is 0. The average Bonchev–Trinajstić information content (AvgIpc) is 1.59. The molecule has 0 saturated carbocycles. The van der Waals surface area contributed by atoms with Crippen molar-refractivity contribution in [2.24, 2.45) is 5.41 Å². The second kappa shape index (κ2) is 2.86. The van der Waals surface area contributed by atoms with Gasteiger partial charge in [-0.3, -0.25) is 0 Å². The molecule has 0 spiro atoms. The summed E-state index contributed by atoms with van der Waals surface area (Å²) in [6, 6.07) is 0. The highest BCUT2D eigenvalue weighted by Crippen LogP contribution is 2.15. The molecule has 0 aromatic rings. The van der Waals surface area contributed by atoms with Gasteiger partial charge in [0, 0.05) is 0 Å². The highest BCUT2D eigenvalue weighted by molar-refractivity contribution is 5.13. The smallest absolute Gasteiger partial charge is 0.0200 e. The van der Waals surface area contributed by atoms with E-state index in [1.807, 2.05) is 6.92 Å². The van der Waals surface area contributed by atoms with Crippen molar-refractivity contribution in [3.05, 3.63) is 24.3 Å². The molecule has 0 unspecified atom stereocenters. The zero-order chi connectivity index (χ0) is 7.49. The lowest BCUT2D eigenvalue weighted by molar-refractivity contribution is 0.544. The van der Waals surface area contributed by atoms with Gasteiger partial charge in [0.15, 0.2) is 0 Å². The van der Waals surface area contributed by atoms with Crippen LogP contribution < -0.4 is 0 Å². The summed E-state index contributed by atoms with van der Waals surface area (Å²) in [6.07, 6.45) is 4.22. The van der Waals surface area contributed by atoms with Gasteiger partial charge in [-0.1, -0.05) is 45.1 Å². The van der Waals surface area contributed by atoms with Crippen LogP contribution >= 0.6 is 0 Å². The van der Waals surface area contributed by atoms with Gasteiger partial charge in [0.25, 0.3) is 0 Å². The van der Waals surface area contributed by atoms with Crippen LogP contribution in [0.5, 0.6) is 0 Å². The SMILES string of the molecule is C=C(C)/C=C\C(C)(C)C. The van der Waals surface area contributed by atoms with Crippen LogP contribution in [0.15, 0.2) is 24.3 Å². The minimum Gasteiger partial charge on any atom is -0.0961 e. The fraction of sp³-hybridized carbons (Fsp3) is 0.556. The molecule has 0 amide bonds. The predicted molar refractivity (Wildman–Crippen MR) is 43.4 cm³/mol. The number of rotatable bonds is 1. The maximum Gasteiger partial charge on any atom is -0.0200 e. The Morgan fingerprint density at radius 2 is 1.78 bits per heavy atom. The summed E-state index contributed by atoms with van der Waals surface area (Å²) in [7, 11) is 0. The minimum absolute atomic E-state index is 0.291. The molecule has 0 aliphatic heterocycles. The first kappa shape index (κ1) is 8.48. The molecule has 0 nitrogen and oxygen atoms in total. The van der Waals surface area contributed by atoms with E-state index >= 15 is 0 Å². The zero-order valence-electron chi connectivity index (χ0n) is 6.86. The van der Waals surface area contributed by atoms with Gasteiger partial charge in [-0.05, 0) is 12.3 Å². The summed E-state index contributed by atoms with van der Waals surface area (Å²) < 4.78 is 0. The maximum absolute atomic E-state index is 3.77. The van der Waals surface area contributed by atoms with Crippen LogP contribution in [0.2, 0.25) is 0 Å². The van der Waals surface area contributed by atoms with Crippen molar-refractivity contribution in [1.82, 2.24) is 0 Å². The van der Waals surface area contributed by atoms with Crippen LogP contribution in [-0.2, 0) is 0 Å². The maximum atomic E-state index is 3.77. The molecular formula is C9H16. The molecule has 0 aliphatic rings. The quantitative estimate of drug-likeness (QED) is 0.471. The van der Waals surface area contributed by atoms with E-state index in [0.29, 0.717) is 5.41 Å². The molecule has 0 bridgehead atoms. The summed E-state index contributed by atoms with van der Waals surface area (Å²) in [5, 5.41) is 0. The summed E-state index contributed by atoms with van der Waals surface area (Å²) in [6.45, 7) is 12.3. The fourth-order valence-corrected chi connectivity index (χ4v) is 0.392. The first-order valence-corrected chi connectivity index (χ1v) is 3.26. The van der Waals surface area contributed by atoms with Crippen molar-refractivity contribution in [3.8, 4) is 0 Å². The molecule has 0 N–H and O–H groups in total. The fourth-order valence-electron chi connectivity index (χ4n) is 0.392. The molecule has 0 saturated heterocycles. The van der Waals surface area contributed by atoms with Gasteiger partial charge in [-0.2, -0.15) is 0 Å². The molecule has 0 aromatic heterocycles. The number of hydrogen-bond acceptors (Lipinski definition) is 0. The van der Waals surface area contributed by atoms with Crippen LogP contribution in [-0.4, -0.2) is 0 Å². The van der Waals surface area contributed by atoms with Crippen LogP contribution in [0.4, 0.5) is 0 Å². The third-order valence-electron chi connectivity index (χ3n) is 0.868. The topological polar surface area (TPSA) is 0 Å². The molecule has 0 aromatic carbocycles. The van der Waals surface area contributed by atoms with E-state index in [1.54, 1.807) is 0 Å². The third kappa shape index (κ3) is 7.48. The first-order valence-electron chi connectivity index (χ1n) is 3.26. The Balaban J connectivity index is 3.86. The Morgan fingerprint density at radius 1 is 1.33 bits per heavy atom. The largest absolute Gasteiger partial charge is 0.0961 e. The van der Waals surface area contributed by atoms with Crippen molar-refractivity contribution in [1.29, 1.82) is 0 Å². The summed E-state index contributed by atoms with van der Waals surface area (Å²) in [4.78, 5) is 0. The highest BCUT2D eigenvalue weighted by Gasteiger charge is 2.02. The standard InChI is InChI=1S/C9H16/c1-8(2)6-7-9(3,4)5/h6-7H,1H2,2-5H3/b7-6-. The van der Waals surface area contributed by atoms with Gasteiger partial charge in [0.1, 0.15) is 0 Å². The summed E-state index contributed by atoms with van der Waals surface area (Å²) in [5.41, 5.74) is 1.41. The number of allylic oxidation sites excluding steroid dienone is 3. The molecule has 0 radical (unpaired) electrons. The molecule has 0 rings (SSSR count). The van der Waals surface area contributed by atoms with Crippen molar-refractivity contribution in [2.75, 3.05) is 0 Å². The Kier molecular flexibility index (Phi) is 2.69. The second-order valence-electron chi connectivity index (χ2n) is 3.55. The average molecular weight is 124 g/mol. The molecule has 52 valence electrons.